The second kappa shape index (κ2) is 3.94. The van der Waals surface area contributed by atoms with Crippen LogP contribution in [0.1, 0.15) is 11.1 Å². The summed E-state index contributed by atoms with van der Waals surface area (Å²) in [5.74, 6) is -0.623. The molecule has 2 nitrogen and oxygen atoms in total. The van der Waals surface area contributed by atoms with Crippen LogP contribution in [0.2, 0.25) is 5.02 Å². The number of hydrogen-bond donors (Lipinski definition) is 2. The second-order valence-electron chi connectivity index (χ2n) is 2.86. The zero-order valence-electron chi connectivity index (χ0n) is 7.27. The van der Waals surface area contributed by atoms with E-state index in [-0.39, 0.29) is 22.9 Å². The van der Waals surface area contributed by atoms with Crippen LogP contribution in [-0.2, 0) is 6.42 Å². The molecule has 4 heteroatoms. The first-order chi connectivity index (χ1) is 6.07. The first-order valence-electron chi connectivity index (χ1n) is 3.94. The SMILES string of the molecule is Cc1cc(Cl)c(O)c(CCN)c1F. The van der Waals surface area contributed by atoms with Crippen molar-refractivity contribution in [2.75, 3.05) is 6.54 Å². The van der Waals surface area contributed by atoms with E-state index in [1.807, 2.05) is 0 Å². The molecule has 3 N–H and O–H groups in total. The van der Waals surface area contributed by atoms with Crippen LogP contribution in [-0.4, -0.2) is 11.7 Å². The number of hydrogen-bond acceptors (Lipinski definition) is 2. The third-order valence-electron chi connectivity index (χ3n) is 1.86. The first kappa shape index (κ1) is 10.3. The molecule has 0 atom stereocenters. The molecule has 0 unspecified atom stereocenters. The quantitative estimate of drug-likeness (QED) is 0.772. The maximum absolute atomic E-state index is 13.4. The Balaban J connectivity index is 3.28. The summed E-state index contributed by atoms with van der Waals surface area (Å²) < 4.78 is 13.4. The van der Waals surface area contributed by atoms with Crippen molar-refractivity contribution in [3.63, 3.8) is 0 Å². The lowest BCUT2D eigenvalue weighted by atomic mass is 10.1. The zero-order chi connectivity index (χ0) is 10.0. The van der Waals surface area contributed by atoms with Crippen molar-refractivity contribution in [2.24, 2.45) is 5.73 Å². The molecular formula is C9H11ClFNO. The average molecular weight is 204 g/mol. The highest BCUT2D eigenvalue weighted by atomic mass is 35.5. The van der Waals surface area contributed by atoms with Gasteiger partial charge in [0.1, 0.15) is 11.6 Å². The van der Waals surface area contributed by atoms with Gasteiger partial charge in [0.2, 0.25) is 0 Å². The Morgan fingerprint density at radius 1 is 1.62 bits per heavy atom. The minimum Gasteiger partial charge on any atom is -0.506 e. The van der Waals surface area contributed by atoms with Gasteiger partial charge in [0, 0.05) is 5.56 Å². The molecule has 0 aliphatic carbocycles. The summed E-state index contributed by atoms with van der Waals surface area (Å²) in [5.41, 5.74) is 5.90. The van der Waals surface area contributed by atoms with Gasteiger partial charge < -0.3 is 10.8 Å². The molecule has 0 heterocycles. The van der Waals surface area contributed by atoms with Crippen molar-refractivity contribution in [3.05, 3.63) is 28.0 Å². The highest BCUT2D eigenvalue weighted by molar-refractivity contribution is 6.32. The highest BCUT2D eigenvalue weighted by Crippen LogP contribution is 2.31. The van der Waals surface area contributed by atoms with Gasteiger partial charge >= 0.3 is 0 Å². The van der Waals surface area contributed by atoms with Gasteiger partial charge in [0.05, 0.1) is 5.02 Å². The van der Waals surface area contributed by atoms with Crippen LogP contribution < -0.4 is 5.73 Å². The largest absolute Gasteiger partial charge is 0.506 e. The molecule has 0 amide bonds. The fourth-order valence-electron chi connectivity index (χ4n) is 1.18. The fraction of sp³-hybridized carbons (Fsp3) is 0.333. The number of benzene rings is 1. The summed E-state index contributed by atoms with van der Waals surface area (Å²) in [6.45, 7) is 1.88. The van der Waals surface area contributed by atoms with E-state index in [1.165, 1.54) is 6.07 Å². The molecule has 1 aromatic rings. The number of halogens is 2. The molecule has 0 aliphatic heterocycles. The molecule has 0 saturated heterocycles. The van der Waals surface area contributed by atoms with E-state index < -0.39 is 5.82 Å². The van der Waals surface area contributed by atoms with E-state index in [4.69, 9.17) is 17.3 Å². The number of phenols is 1. The number of phenolic OH excluding ortho intramolecular Hbond substituents is 1. The zero-order valence-corrected chi connectivity index (χ0v) is 8.03. The molecule has 1 aromatic carbocycles. The van der Waals surface area contributed by atoms with Gasteiger partial charge in [-0.1, -0.05) is 11.6 Å². The Hall–Kier alpha value is -0.800. The van der Waals surface area contributed by atoms with Crippen LogP contribution in [0.15, 0.2) is 6.07 Å². The van der Waals surface area contributed by atoms with E-state index in [0.717, 1.165) is 0 Å². The minimum atomic E-state index is -0.424. The summed E-state index contributed by atoms with van der Waals surface area (Å²) in [5, 5.41) is 9.58. The van der Waals surface area contributed by atoms with Gasteiger partial charge in [0.15, 0.2) is 0 Å². The molecule has 13 heavy (non-hydrogen) atoms. The molecule has 1 rings (SSSR count). The number of nitrogens with two attached hydrogens (primary N) is 1. The van der Waals surface area contributed by atoms with E-state index >= 15 is 0 Å². The van der Waals surface area contributed by atoms with Gasteiger partial charge in [-0.2, -0.15) is 0 Å². The average Bonchev–Trinajstić information content (AvgIpc) is 2.09. The van der Waals surface area contributed by atoms with E-state index in [0.29, 0.717) is 12.0 Å². The van der Waals surface area contributed by atoms with Crippen LogP contribution in [0.4, 0.5) is 4.39 Å². The number of aromatic hydroxyl groups is 1. The van der Waals surface area contributed by atoms with Crippen LogP contribution in [0.25, 0.3) is 0 Å². The van der Waals surface area contributed by atoms with Gasteiger partial charge in [-0.15, -0.1) is 0 Å². The highest BCUT2D eigenvalue weighted by Gasteiger charge is 2.13. The Labute approximate surface area is 81.1 Å². The van der Waals surface area contributed by atoms with Crippen LogP contribution >= 0.6 is 11.6 Å². The van der Waals surface area contributed by atoms with Crippen LogP contribution in [0.3, 0.4) is 0 Å². The Morgan fingerprint density at radius 2 is 2.23 bits per heavy atom. The number of rotatable bonds is 2. The fourth-order valence-corrected chi connectivity index (χ4v) is 1.46. The molecule has 0 spiro atoms. The molecule has 0 bridgehead atoms. The van der Waals surface area contributed by atoms with Crippen molar-refractivity contribution < 1.29 is 9.50 Å². The maximum Gasteiger partial charge on any atom is 0.140 e. The topological polar surface area (TPSA) is 46.2 Å². The number of aryl methyl sites for hydroxylation is 1. The first-order valence-corrected chi connectivity index (χ1v) is 4.32. The predicted octanol–water partition coefficient (Wildman–Crippen LogP) is 1.99. The molecule has 0 aromatic heterocycles. The molecule has 0 saturated carbocycles. The Kier molecular flexibility index (Phi) is 3.12. The summed E-state index contributed by atoms with van der Waals surface area (Å²) in [7, 11) is 0. The third kappa shape index (κ3) is 1.92. The smallest absolute Gasteiger partial charge is 0.140 e. The maximum atomic E-state index is 13.4. The van der Waals surface area contributed by atoms with Crippen LogP contribution in [0.5, 0.6) is 5.75 Å². The van der Waals surface area contributed by atoms with Gasteiger partial charge in [0.25, 0.3) is 0 Å². The summed E-state index contributed by atoms with van der Waals surface area (Å²) in [6.07, 6.45) is 0.291. The molecule has 0 radical (unpaired) electrons. The van der Waals surface area contributed by atoms with Crippen molar-refractivity contribution in [1.82, 2.24) is 0 Å². The van der Waals surface area contributed by atoms with E-state index in [2.05, 4.69) is 0 Å². The Bertz CT molecular complexity index is 302. The van der Waals surface area contributed by atoms with Crippen molar-refractivity contribution in [3.8, 4) is 5.75 Å². The monoisotopic (exact) mass is 203 g/mol. The lowest BCUT2D eigenvalue weighted by Crippen LogP contribution is -2.06. The Morgan fingerprint density at radius 3 is 2.77 bits per heavy atom. The van der Waals surface area contributed by atoms with Crippen molar-refractivity contribution >= 4 is 11.6 Å². The van der Waals surface area contributed by atoms with E-state index in [1.54, 1.807) is 6.92 Å². The standard InChI is InChI=1S/C9H11ClFNO/c1-5-4-7(10)9(13)6(2-3-12)8(5)11/h4,13H,2-3,12H2,1H3. The van der Waals surface area contributed by atoms with Gasteiger partial charge in [-0.3, -0.25) is 0 Å². The second-order valence-corrected chi connectivity index (χ2v) is 3.26. The molecule has 0 aliphatic rings. The lowest BCUT2D eigenvalue weighted by Gasteiger charge is -2.08. The van der Waals surface area contributed by atoms with Crippen LogP contribution in [0, 0.1) is 12.7 Å². The summed E-state index contributed by atoms with van der Waals surface area (Å²) in [4.78, 5) is 0. The molecule has 0 fully saturated rings. The summed E-state index contributed by atoms with van der Waals surface area (Å²) >= 11 is 5.67. The molecular weight excluding hydrogens is 193 g/mol. The van der Waals surface area contributed by atoms with Crippen molar-refractivity contribution in [1.29, 1.82) is 0 Å². The minimum absolute atomic E-state index is 0.169. The van der Waals surface area contributed by atoms with Crippen molar-refractivity contribution in [2.45, 2.75) is 13.3 Å². The van der Waals surface area contributed by atoms with Gasteiger partial charge in [-0.25, -0.2) is 4.39 Å². The normalized spacial score (nSPS) is 10.5. The lowest BCUT2D eigenvalue weighted by molar-refractivity contribution is 0.458. The third-order valence-corrected chi connectivity index (χ3v) is 2.15. The van der Waals surface area contributed by atoms with E-state index in [9.17, 15) is 9.50 Å². The summed E-state index contributed by atoms with van der Waals surface area (Å²) in [6, 6.07) is 1.40. The predicted molar refractivity (Wildman–Crippen MR) is 50.6 cm³/mol. The molecule has 72 valence electrons. The van der Waals surface area contributed by atoms with Gasteiger partial charge in [-0.05, 0) is 31.5 Å².